The van der Waals surface area contributed by atoms with Crippen LogP contribution < -0.4 is 4.74 Å². The van der Waals surface area contributed by atoms with Crippen LogP contribution in [0.25, 0.3) is 11.4 Å². The van der Waals surface area contributed by atoms with Crippen molar-refractivity contribution in [1.29, 1.82) is 0 Å². The molecule has 0 radical (unpaired) electrons. The second-order valence-electron chi connectivity index (χ2n) is 5.49. The van der Waals surface area contributed by atoms with Crippen LogP contribution in [0, 0.1) is 0 Å². The number of nitrogens with zero attached hydrogens (tertiary/aromatic N) is 2. The van der Waals surface area contributed by atoms with E-state index in [1.54, 1.807) is 31.2 Å². The summed E-state index contributed by atoms with van der Waals surface area (Å²) in [4.78, 5) is 14.9. The van der Waals surface area contributed by atoms with Crippen molar-refractivity contribution in [3.63, 3.8) is 0 Å². The van der Waals surface area contributed by atoms with Gasteiger partial charge in [-0.15, -0.1) is 0 Å². The van der Waals surface area contributed by atoms with Gasteiger partial charge in [-0.2, -0.15) is 18.2 Å². The third kappa shape index (κ3) is 3.90. The SMILES string of the molecule is CC(Oc1cccc(C=O)c1)c1nc(-c2cccc(C(F)(F)F)c2)no1. The van der Waals surface area contributed by atoms with Crippen molar-refractivity contribution in [2.24, 2.45) is 0 Å². The Kier molecular flexibility index (Phi) is 4.75. The predicted octanol–water partition coefficient (Wildman–Crippen LogP) is 4.71. The zero-order valence-electron chi connectivity index (χ0n) is 13.5. The first-order valence-electron chi connectivity index (χ1n) is 7.60. The molecule has 0 fully saturated rings. The Morgan fingerprint density at radius 1 is 1.15 bits per heavy atom. The summed E-state index contributed by atoms with van der Waals surface area (Å²) in [7, 11) is 0. The molecule has 134 valence electrons. The van der Waals surface area contributed by atoms with Crippen molar-refractivity contribution >= 4 is 6.29 Å². The summed E-state index contributed by atoms with van der Waals surface area (Å²) >= 11 is 0. The molecule has 0 N–H and O–H groups in total. The minimum atomic E-state index is -4.46. The molecule has 1 heterocycles. The van der Waals surface area contributed by atoms with Gasteiger partial charge < -0.3 is 9.26 Å². The molecule has 1 atom stereocenters. The van der Waals surface area contributed by atoms with Gasteiger partial charge in [-0.1, -0.05) is 29.4 Å². The maximum absolute atomic E-state index is 12.8. The number of rotatable bonds is 5. The normalized spacial score (nSPS) is 12.6. The molecule has 1 aromatic heterocycles. The van der Waals surface area contributed by atoms with Crippen LogP contribution in [0.5, 0.6) is 5.75 Å². The van der Waals surface area contributed by atoms with Crippen LogP contribution >= 0.6 is 0 Å². The molecule has 5 nitrogen and oxygen atoms in total. The highest BCUT2D eigenvalue weighted by Gasteiger charge is 2.31. The largest absolute Gasteiger partial charge is 0.481 e. The van der Waals surface area contributed by atoms with E-state index in [2.05, 4.69) is 10.1 Å². The number of alkyl halides is 3. The third-order valence-electron chi connectivity index (χ3n) is 3.54. The maximum atomic E-state index is 12.8. The second kappa shape index (κ2) is 6.99. The molecule has 0 amide bonds. The van der Waals surface area contributed by atoms with Crippen LogP contribution in [-0.2, 0) is 6.18 Å². The van der Waals surface area contributed by atoms with Gasteiger partial charge in [-0.3, -0.25) is 4.79 Å². The minimum Gasteiger partial charge on any atom is -0.481 e. The summed E-state index contributed by atoms with van der Waals surface area (Å²) < 4.78 is 49.2. The van der Waals surface area contributed by atoms with Crippen LogP contribution in [0.2, 0.25) is 0 Å². The smallest absolute Gasteiger partial charge is 0.416 e. The van der Waals surface area contributed by atoms with Crippen LogP contribution in [0.1, 0.15) is 34.8 Å². The molecule has 0 aliphatic rings. The van der Waals surface area contributed by atoms with Gasteiger partial charge in [0, 0.05) is 11.1 Å². The highest BCUT2D eigenvalue weighted by atomic mass is 19.4. The Hall–Kier alpha value is -3.16. The fourth-order valence-electron chi connectivity index (χ4n) is 2.27. The number of aromatic nitrogens is 2. The average Bonchev–Trinajstić information content (AvgIpc) is 3.11. The van der Waals surface area contributed by atoms with Gasteiger partial charge in [0.2, 0.25) is 5.82 Å². The fourth-order valence-corrected chi connectivity index (χ4v) is 2.27. The molecule has 0 aliphatic heterocycles. The summed E-state index contributed by atoms with van der Waals surface area (Å²) in [5.41, 5.74) is -0.161. The number of carbonyl (C=O) groups is 1. The van der Waals surface area contributed by atoms with Crippen molar-refractivity contribution in [3.8, 4) is 17.1 Å². The molecular formula is C18H13F3N2O3. The third-order valence-corrected chi connectivity index (χ3v) is 3.54. The number of hydrogen-bond donors (Lipinski definition) is 0. The number of carbonyl (C=O) groups excluding carboxylic acids is 1. The van der Waals surface area contributed by atoms with E-state index in [0.29, 0.717) is 17.6 Å². The number of hydrogen-bond acceptors (Lipinski definition) is 5. The van der Waals surface area contributed by atoms with Gasteiger partial charge in [-0.05, 0) is 31.2 Å². The Bertz CT molecular complexity index is 922. The monoisotopic (exact) mass is 362 g/mol. The molecule has 0 aliphatic carbocycles. The molecule has 0 bridgehead atoms. The molecule has 26 heavy (non-hydrogen) atoms. The highest BCUT2D eigenvalue weighted by molar-refractivity contribution is 5.75. The summed E-state index contributed by atoms with van der Waals surface area (Å²) in [6, 6.07) is 11.2. The molecule has 8 heteroatoms. The average molecular weight is 362 g/mol. The standard InChI is InChI=1S/C18H13F3N2O3/c1-11(25-15-7-2-4-12(8-15)10-24)17-22-16(23-26-17)13-5-3-6-14(9-13)18(19,20)21/h2-11H,1H3. The molecule has 1 unspecified atom stereocenters. The zero-order chi connectivity index (χ0) is 18.7. The molecule has 3 rings (SSSR count). The molecule has 0 spiro atoms. The van der Waals surface area contributed by atoms with Crippen molar-refractivity contribution < 1.29 is 27.2 Å². The lowest BCUT2D eigenvalue weighted by molar-refractivity contribution is -0.137. The van der Waals surface area contributed by atoms with E-state index in [0.717, 1.165) is 12.1 Å². The van der Waals surface area contributed by atoms with Crippen LogP contribution in [0.4, 0.5) is 13.2 Å². The van der Waals surface area contributed by atoms with Crippen LogP contribution in [0.15, 0.2) is 53.1 Å². The van der Waals surface area contributed by atoms with Gasteiger partial charge in [0.15, 0.2) is 6.10 Å². The van der Waals surface area contributed by atoms with E-state index in [1.165, 1.54) is 12.1 Å². The number of ether oxygens (including phenoxy) is 1. The lowest BCUT2D eigenvalue weighted by atomic mass is 10.1. The first-order valence-corrected chi connectivity index (χ1v) is 7.60. The first kappa shape index (κ1) is 17.7. The van der Waals surface area contributed by atoms with E-state index in [4.69, 9.17) is 9.26 Å². The Morgan fingerprint density at radius 3 is 2.65 bits per heavy atom. The van der Waals surface area contributed by atoms with Gasteiger partial charge in [-0.25, -0.2) is 0 Å². The number of benzene rings is 2. The van der Waals surface area contributed by atoms with Crippen molar-refractivity contribution in [2.45, 2.75) is 19.2 Å². The Morgan fingerprint density at radius 2 is 1.92 bits per heavy atom. The van der Waals surface area contributed by atoms with E-state index >= 15 is 0 Å². The Labute approximate surface area is 146 Å². The fraction of sp³-hybridized carbons (Fsp3) is 0.167. The lowest BCUT2D eigenvalue weighted by Crippen LogP contribution is -2.05. The van der Waals surface area contributed by atoms with E-state index in [9.17, 15) is 18.0 Å². The summed E-state index contributed by atoms with van der Waals surface area (Å²) in [5, 5.41) is 3.72. The highest BCUT2D eigenvalue weighted by Crippen LogP contribution is 2.32. The van der Waals surface area contributed by atoms with E-state index in [-0.39, 0.29) is 17.3 Å². The molecule has 0 saturated carbocycles. The molecular weight excluding hydrogens is 349 g/mol. The number of aldehydes is 1. The van der Waals surface area contributed by atoms with Gasteiger partial charge in [0.25, 0.3) is 5.89 Å². The van der Waals surface area contributed by atoms with Crippen LogP contribution in [-0.4, -0.2) is 16.4 Å². The summed E-state index contributed by atoms with van der Waals surface area (Å²) in [6.07, 6.45) is -4.41. The first-order chi connectivity index (χ1) is 12.4. The van der Waals surface area contributed by atoms with Crippen molar-refractivity contribution in [2.75, 3.05) is 0 Å². The minimum absolute atomic E-state index is 0.0307. The van der Waals surface area contributed by atoms with Crippen molar-refractivity contribution in [3.05, 3.63) is 65.5 Å². The molecule has 3 aromatic rings. The quantitative estimate of drug-likeness (QED) is 0.615. The van der Waals surface area contributed by atoms with Gasteiger partial charge in [0.1, 0.15) is 12.0 Å². The maximum Gasteiger partial charge on any atom is 0.416 e. The number of halogens is 3. The van der Waals surface area contributed by atoms with E-state index < -0.39 is 17.8 Å². The zero-order valence-corrected chi connectivity index (χ0v) is 13.5. The molecule has 2 aromatic carbocycles. The van der Waals surface area contributed by atoms with Crippen molar-refractivity contribution in [1.82, 2.24) is 10.1 Å². The Balaban J connectivity index is 1.80. The van der Waals surface area contributed by atoms with E-state index in [1.807, 2.05) is 0 Å². The molecule has 0 saturated heterocycles. The second-order valence-corrected chi connectivity index (χ2v) is 5.49. The van der Waals surface area contributed by atoms with Gasteiger partial charge >= 0.3 is 6.18 Å². The topological polar surface area (TPSA) is 65.2 Å². The summed E-state index contributed by atoms with van der Waals surface area (Å²) in [6.45, 7) is 1.65. The van der Waals surface area contributed by atoms with Crippen LogP contribution in [0.3, 0.4) is 0 Å². The lowest BCUT2D eigenvalue weighted by Gasteiger charge is -2.10. The van der Waals surface area contributed by atoms with Gasteiger partial charge in [0.05, 0.1) is 5.56 Å². The predicted molar refractivity (Wildman–Crippen MR) is 85.6 cm³/mol. The summed E-state index contributed by atoms with van der Waals surface area (Å²) in [5.74, 6) is 0.568.